The summed E-state index contributed by atoms with van der Waals surface area (Å²) in [5.74, 6) is 0.345. The lowest BCUT2D eigenvalue weighted by Gasteiger charge is -2.21. The molecule has 6 heteroatoms. The number of carbonyl (C=O) groups excluding carboxylic acids is 1. The Bertz CT molecular complexity index is 396. The van der Waals surface area contributed by atoms with Crippen LogP contribution < -0.4 is 0 Å². The number of aryl methyl sites for hydroxylation is 2. The van der Waals surface area contributed by atoms with Gasteiger partial charge in [-0.3, -0.25) is 4.79 Å². The van der Waals surface area contributed by atoms with Crippen molar-refractivity contribution in [1.82, 2.24) is 10.1 Å². The van der Waals surface area contributed by atoms with Crippen molar-refractivity contribution in [2.75, 3.05) is 26.3 Å². The molecule has 1 atom stereocenters. The van der Waals surface area contributed by atoms with Gasteiger partial charge < -0.3 is 19.3 Å². The predicted molar refractivity (Wildman–Crippen MR) is 58.7 cm³/mol. The second-order valence-corrected chi connectivity index (χ2v) is 4.18. The summed E-state index contributed by atoms with van der Waals surface area (Å²) in [5.41, 5.74) is 1.06. The van der Waals surface area contributed by atoms with Gasteiger partial charge in [0.15, 0.2) is 0 Å². The van der Waals surface area contributed by atoms with Crippen LogP contribution in [0.1, 0.15) is 21.8 Å². The second-order valence-electron chi connectivity index (χ2n) is 4.18. The summed E-state index contributed by atoms with van der Waals surface area (Å²) >= 11 is 0. The highest BCUT2D eigenvalue weighted by Gasteiger charge is 2.26. The lowest BCUT2D eigenvalue weighted by atomic mass is 10.1. The highest BCUT2D eigenvalue weighted by Crippen LogP contribution is 2.16. The highest BCUT2D eigenvalue weighted by molar-refractivity contribution is 5.96. The smallest absolute Gasteiger partial charge is 0.259 e. The number of aliphatic hydroxyl groups is 1. The maximum absolute atomic E-state index is 12.3. The molecule has 0 aromatic carbocycles. The monoisotopic (exact) mass is 240 g/mol. The Morgan fingerprint density at radius 3 is 2.94 bits per heavy atom. The molecule has 0 spiro atoms. The first-order chi connectivity index (χ1) is 8.09. The lowest BCUT2D eigenvalue weighted by Crippen LogP contribution is -2.38. The van der Waals surface area contributed by atoms with Crippen molar-refractivity contribution >= 4 is 5.91 Å². The van der Waals surface area contributed by atoms with Crippen LogP contribution in [0.2, 0.25) is 0 Å². The first-order valence-corrected chi connectivity index (χ1v) is 5.57. The molecule has 0 bridgehead atoms. The molecule has 1 amide bonds. The summed E-state index contributed by atoms with van der Waals surface area (Å²) in [6.07, 6.45) is -0.637. The van der Waals surface area contributed by atoms with Gasteiger partial charge >= 0.3 is 0 Å². The van der Waals surface area contributed by atoms with Crippen molar-refractivity contribution in [2.45, 2.75) is 20.0 Å². The summed E-state index contributed by atoms with van der Waals surface area (Å²) in [6.45, 7) is 4.90. The highest BCUT2D eigenvalue weighted by atomic mass is 16.5. The molecule has 1 aliphatic rings. The van der Waals surface area contributed by atoms with Crippen LogP contribution in [-0.4, -0.2) is 53.5 Å². The second kappa shape index (κ2) is 4.85. The van der Waals surface area contributed by atoms with Gasteiger partial charge in [0.25, 0.3) is 5.91 Å². The van der Waals surface area contributed by atoms with Crippen molar-refractivity contribution in [1.29, 1.82) is 0 Å². The Kier molecular flexibility index (Phi) is 3.44. The zero-order valence-electron chi connectivity index (χ0n) is 9.97. The summed E-state index contributed by atoms with van der Waals surface area (Å²) in [6, 6.07) is 0. The topological polar surface area (TPSA) is 75.8 Å². The largest absolute Gasteiger partial charge is 0.389 e. The van der Waals surface area contributed by atoms with Gasteiger partial charge in [0.1, 0.15) is 11.3 Å². The lowest BCUT2D eigenvalue weighted by molar-refractivity contribution is 0.0533. The van der Waals surface area contributed by atoms with Crippen molar-refractivity contribution < 1.29 is 19.2 Å². The van der Waals surface area contributed by atoms with Crippen LogP contribution in [0.4, 0.5) is 0 Å². The molecule has 1 aliphatic heterocycles. The fourth-order valence-corrected chi connectivity index (χ4v) is 1.92. The molecule has 0 radical (unpaired) electrons. The summed E-state index contributed by atoms with van der Waals surface area (Å²) in [5, 5.41) is 13.3. The van der Waals surface area contributed by atoms with E-state index in [-0.39, 0.29) is 19.1 Å². The number of carbonyl (C=O) groups is 1. The van der Waals surface area contributed by atoms with E-state index in [1.807, 2.05) is 0 Å². The number of nitrogens with zero attached hydrogens (tertiary/aromatic N) is 2. The van der Waals surface area contributed by atoms with Crippen LogP contribution in [0.25, 0.3) is 0 Å². The van der Waals surface area contributed by atoms with Gasteiger partial charge in [-0.1, -0.05) is 5.16 Å². The summed E-state index contributed by atoms with van der Waals surface area (Å²) < 4.78 is 10.2. The molecule has 1 N–H and O–H groups in total. The van der Waals surface area contributed by atoms with Gasteiger partial charge in [-0.05, 0) is 13.8 Å². The molecule has 2 heterocycles. The minimum absolute atomic E-state index is 0.161. The van der Waals surface area contributed by atoms with E-state index in [2.05, 4.69) is 5.16 Å². The first-order valence-electron chi connectivity index (χ1n) is 5.57. The van der Waals surface area contributed by atoms with E-state index >= 15 is 0 Å². The fourth-order valence-electron chi connectivity index (χ4n) is 1.92. The zero-order chi connectivity index (χ0) is 12.4. The SMILES string of the molecule is Cc1noc(C)c1C(=O)N1CCOC[C@H](O)C1. The van der Waals surface area contributed by atoms with E-state index in [1.165, 1.54) is 0 Å². The first kappa shape index (κ1) is 12.1. The third kappa shape index (κ3) is 2.48. The standard InChI is InChI=1S/C11H16N2O4/c1-7-10(8(2)17-12-7)11(15)13-3-4-16-6-9(14)5-13/h9,14H,3-6H2,1-2H3/t9-/m1/s1. The van der Waals surface area contributed by atoms with Gasteiger partial charge in [0, 0.05) is 13.1 Å². The van der Waals surface area contributed by atoms with Gasteiger partial charge in [0.05, 0.1) is 25.0 Å². The summed E-state index contributed by atoms with van der Waals surface area (Å²) in [7, 11) is 0. The van der Waals surface area contributed by atoms with Gasteiger partial charge in [0.2, 0.25) is 0 Å². The minimum Gasteiger partial charge on any atom is -0.389 e. The average molecular weight is 240 g/mol. The number of β-amino-alcohol motifs (C(OH)–C–C–N with tert-alkyl or cyclic N) is 1. The molecule has 0 aliphatic carbocycles. The molecule has 94 valence electrons. The van der Waals surface area contributed by atoms with Gasteiger partial charge in [-0.2, -0.15) is 0 Å². The number of rotatable bonds is 1. The van der Waals surface area contributed by atoms with Gasteiger partial charge in [-0.25, -0.2) is 0 Å². The zero-order valence-corrected chi connectivity index (χ0v) is 9.97. The van der Waals surface area contributed by atoms with E-state index in [4.69, 9.17) is 9.26 Å². The average Bonchev–Trinajstić information content (AvgIpc) is 2.51. The number of aliphatic hydroxyl groups excluding tert-OH is 1. The Hall–Kier alpha value is -1.40. The normalized spacial score (nSPS) is 21.4. The maximum Gasteiger partial charge on any atom is 0.259 e. The molecule has 0 unspecified atom stereocenters. The molecule has 1 fully saturated rings. The van der Waals surface area contributed by atoms with Gasteiger partial charge in [-0.15, -0.1) is 0 Å². The molecular formula is C11H16N2O4. The van der Waals surface area contributed by atoms with E-state index in [0.29, 0.717) is 30.2 Å². The van der Waals surface area contributed by atoms with Crippen LogP contribution in [0, 0.1) is 13.8 Å². The Labute approximate surface area is 99.1 Å². The number of hydrogen-bond acceptors (Lipinski definition) is 5. The van der Waals surface area contributed by atoms with Crippen molar-refractivity contribution in [3.05, 3.63) is 17.0 Å². The number of ether oxygens (including phenoxy) is 1. The van der Waals surface area contributed by atoms with Crippen molar-refractivity contribution in [3.63, 3.8) is 0 Å². The molecule has 2 rings (SSSR count). The third-order valence-electron chi connectivity index (χ3n) is 2.78. The minimum atomic E-state index is -0.637. The van der Waals surface area contributed by atoms with Crippen LogP contribution in [0.3, 0.4) is 0 Å². The summed E-state index contributed by atoms with van der Waals surface area (Å²) in [4.78, 5) is 13.8. The number of amides is 1. The van der Waals surface area contributed by atoms with Crippen LogP contribution >= 0.6 is 0 Å². The van der Waals surface area contributed by atoms with E-state index < -0.39 is 6.10 Å². The van der Waals surface area contributed by atoms with Crippen molar-refractivity contribution in [2.24, 2.45) is 0 Å². The molecule has 6 nitrogen and oxygen atoms in total. The van der Waals surface area contributed by atoms with Crippen molar-refractivity contribution in [3.8, 4) is 0 Å². The molecule has 1 saturated heterocycles. The van der Waals surface area contributed by atoms with Crippen LogP contribution in [0.5, 0.6) is 0 Å². The third-order valence-corrected chi connectivity index (χ3v) is 2.78. The molecule has 17 heavy (non-hydrogen) atoms. The van der Waals surface area contributed by atoms with E-state index in [9.17, 15) is 9.90 Å². The Morgan fingerprint density at radius 1 is 1.53 bits per heavy atom. The predicted octanol–water partition coefficient (Wildman–Crippen LogP) is 0.125. The number of aromatic nitrogens is 1. The van der Waals surface area contributed by atoms with Crippen LogP contribution in [-0.2, 0) is 4.74 Å². The number of hydrogen-bond donors (Lipinski definition) is 1. The molecule has 1 aromatic rings. The van der Waals surface area contributed by atoms with Crippen LogP contribution in [0.15, 0.2) is 4.52 Å². The maximum atomic E-state index is 12.3. The fraction of sp³-hybridized carbons (Fsp3) is 0.636. The van der Waals surface area contributed by atoms with E-state index in [0.717, 1.165) is 0 Å². The Balaban J connectivity index is 2.19. The molecule has 1 aromatic heterocycles. The quantitative estimate of drug-likeness (QED) is 0.754. The molecule has 0 saturated carbocycles. The Morgan fingerprint density at radius 2 is 2.29 bits per heavy atom. The molecular weight excluding hydrogens is 224 g/mol. The van der Waals surface area contributed by atoms with E-state index in [1.54, 1.807) is 18.7 Å².